The molecule has 0 saturated carbocycles. The largest absolute Gasteiger partial charge is 0.393 e. The van der Waals surface area contributed by atoms with Crippen LogP contribution in [-0.2, 0) is 4.74 Å². The molecule has 0 spiro atoms. The highest BCUT2D eigenvalue weighted by Crippen LogP contribution is 2.37. The van der Waals surface area contributed by atoms with E-state index in [2.05, 4.69) is 0 Å². The van der Waals surface area contributed by atoms with Crippen LogP contribution in [-0.4, -0.2) is 51.4 Å². The Hall–Kier alpha value is -1.58. The van der Waals surface area contributed by atoms with Crippen LogP contribution < -0.4 is 11.2 Å². The van der Waals surface area contributed by atoms with Crippen molar-refractivity contribution in [2.75, 3.05) is 13.8 Å². The van der Waals surface area contributed by atoms with E-state index < -0.39 is 42.0 Å². The first-order valence-corrected chi connectivity index (χ1v) is 5.69. The fourth-order valence-corrected chi connectivity index (χ4v) is 1.87. The fourth-order valence-electron chi connectivity index (χ4n) is 1.87. The summed E-state index contributed by atoms with van der Waals surface area (Å²) < 4.78 is 29.4. The number of ether oxygens (including phenoxy) is 1. The normalized spacial score (nSPS) is 32.6. The second-order valence-corrected chi connectivity index (χ2v) is 4.39. The van der Waals surface area contributed by atoms with E-state index in [4.69, 9.17) is 9.84 Å². The number of nitrogens with zero attached hydrogens (tertiary/aromatic N) is 1. The van der Waals surface area contributed by atoms with Crippen molar-refractivity contribution >= 4 is 0 Å². The number of aromatic nitrogens is 2. The lowest BCUT2D eigenvalue weighted by molar-refractivity contribution is -0.117. The molecule has 1 aromatic heterocycles. The van der Waals surface area contributed by atoms with Crippen LogP contribution in [0.15, 0.2) is 21.9 Å². The molecule has 1 aliphatic heterocycles. The minimum Gasteiger partial charge on any atom is -0.393 e. The first kappa shape index (κ1) is 16.5. The summed E-state index contributed by atoms with van der Waals surface area (Å²) in [6, 6.07) is 1.04. The number of aliphatic hydroxyl groups is 2. The van der Waals surface area contributed by atoms with Gasteiger partial charge in [0.1, 0.15) is 11.7 Å². The molecular formula is C11H16F2N2O5. The van der Waals surface area contributed by atoms with E-state index in [0.29, 0.717) is 7.18 Å². The number of alkyl halides is 2. The van der Waals surface area contributed by atoms with Gasteiger partial charge < -0.3 is 14.9 Å². The summed E-state index contributed by atoms with van der Waals surface area (Å²) in [5.41, 5.74) is -2.95. The summed E-state index contributed by atoms with van der Waals surface area (Å²) in [5, 5.41) is 18.7. The van der Waals surface area contributed by atoms with Gasteiger partial charge in [-0.15, -0.1) is 0 Å². The van der Waals surface area contributed by atoms with Crippen LogP contribution >= 0.6 is 0 Å². The minimum absolute atomic E-state index is 0.500. The molecule has 0 aliphatic carbocycles. The Morgan fingerprint density at radius 1 is 1.50 bits per heavy atom. The Balaban J connectivity index is 0.000000956. The molecular weight excluding hydrogens is 278 g/mol. The maximum atomic E-state index is 13.9. The third-order valence-corrected chi connectivity index (χ3v) is 3.03. The van der Waals surface area contributed by atoms with Gasteiger partial charge in [0.25, 0.3) is 5.56 Å². The van der Waals surface area contributed by atoms with Crippen LogP contribution in [0.25, 0.3) is 0 Å². The summed E-state index contributed by atoms with van der Waals surface area (Å²) >= 11 is 0. The lowest BCUT2D eigenvalue weighted by Crippen LogP contribution is -2.42. The van der Waals surface area contributed by atoms with Gasteiger partial charge in [-0.05, 0) is 6.92 Å². The second kappa shape index (κ2) is 6.25. The van der Waals surface area contributed by atoms with Crippen LogP contribution in [0, 0.1) is 0 Å². The van der Waals surface area contributed by atoms with E-state index >= 15 is 0 Å². The summed E-state index contributed by atoms with van der Waals surface area (Å²) in [4.78, 5) is 24.3. The molecule has 1 fully saturated rings. The van der Waals surface area contributed by atoms with Gasteiger partial charge in [-0.2, -0.15) is 0 Å². The van der Waals surface area contributed by atoms with E-state index in [1.54, 1.807) is 0 Å². The van der Waals surface area contributed by atoms with Crippen molar-refractivity contribution in [3.05, 3.63) is 33.1 Å². The predicted octanol–water partition coefficient (Wildman–Crippen LogP) is -0.899. The molecule has 0 amide bonds. The molecule has 1 aromatic rings. The van der Waals surface area contributed by atoms with E-state index in [1.807, 2.05) is 4.98 Å². The number of rotatable bonds is 2. The van der Waals surface area contributed by atoms with Crippen LogP contribution in [0.4, 0.5) is 8.78 Å². The maximum absolute atomic E-state index is 13.9. The zero-order valence-corrected chi connectivity index (χ0v) is 10.9. The summed E-state index contributed by atoms with van der Waals surface area (Å²) in [6.07, 6.45) is -3.76. The number of H-pyrrole nitrogens is 1. The van der Waals surface area contributed by atoms with Gasteiger partial charge in [0, 0.05) is 12.3 Å². The zero-order valence-electron chi connectivity index (χ0n) is 10.9. The van der Waals surface area contributed by atoms with Crippen molar-refractivity contribution in [2.24, 2.45) is 0 Å². The van der Waals surface area contributed by atoms with Crippen molar-refractivity contribution in [1.82, 2.24) is 9.55 Å². The molecule has 1 aliphatic rings. The van der Waals surface area contributed by atoms with Gasteiger partial charge in [0.2, 0.25) is 0 Å². The SMILES string of the molecule is CF.C[C@]1(CO)O[C@@H](n2ccc(=O)[nH]c2=O)[C@H](F)[C@@H]1O. The van der Waals surface area contributed by atoms with Gasteiger partial charge in [-0.1, -0.05) is 0 Å². The Bertz CT molecular complexity index is 560. The number of hydrogen-bond donors (Lipinski definition) is 3. The van der Waals surface area contributed by atoms with E-state index in [-0.39, 0.29) is 0 Å². The highest BCUT2D eigenvalue weighted by Gasteiger charge is 2.53. The van der Waals surface area contributed by atoms with Gasteiger partial charge in [-0.3, -0.25) is 18.7 Å². The second-order valence-electron chi connectivity index (χ2n) is 4.39. The van der Waals surface area contributed by atoms with Gasteiger partial charge in [-0.25, -0.2) is 9.18 Å². The van der Waals surface area contributed by atoms with Gasteiger partial charge in [0.05, 0.1) is 13.8 Å². The third-order valence-electron chi connectivity index (χ3n) is 3.03. The maximum Gasteiger partial charge on any atom is 0.330 e. The van der Waals surface area contributed by atoms with E-state index in [1.165, 1.54) is 6.92 Å². The van der Waals surface area contributed by atoms with Crippen molar-refractivity contribution in [3.8, 4) is 0 Å². The molecule has 4 atom stereocenters. The summed E-state index contributed by atoms with van der Waals surface area (Å²) in [5.74, 6) is 0. The molecule has 3 N–H and O–H groups in total. The Morgan fingerprint density at radius 3 is 2.55 bits per heavy atom. The minimum atomic E-state index is -1.88. The topological polar surface area (TPSA) is 105 Å². The number of nitrogens with one attached hydrogen (secondary N) is 1. The number of halogens is 2. The molecule has 0 aromatic carbocycles. The lowest BCUT2D eigenvalue weighted by atomic mass is 9.99. The first-order chi connectivity index (χ1) is 9.39. The first-order valence-electron chi connectivity index (χ1n) is 5.69. The standard InChI is InChI=1S/C10H13FN2O5.CH3F/c1-10(4-14)7(16)6(11)8(18-10)13-3-2-5(15)12-9(13)17;1-2/h2-3,6-8,14,16H,4H2,1H3,(H,12,15,17);1H3/t6-,7+,8-,10-;/m1./s1. The number of hydrogen-bond acceptors (Lipinski definition) is 5. The van der Waals surface area contributed by atoms with Crippen molar-refractivity contribution in [3.63, 3.8) is 0 Å². The Labute approximate surface area is 112 Å². The van der Waals surface area contributed by atoms with Crippen molar-refractivity contribution in [1.29, 1.82) is 0 Å². The fraction of sp³-hybridized carbons (Fsp3) is 0.636. The van der Waals surface area contributed by atoms with Crippen molar-refractivity contribution in [2.45, 2.75) is 31.0 Å². The number of aliphatic hydroxyl groups excluding tert-OH is 2. The quantitative estimate of drug-likeness (QED) is 0.656. The van der Waals surface area contributed by atoms with Gasteiger partial charge in [0.15, 0.2) is 12.4 Å². The Morgan fingerprint density at radius 2 is 2.10 bits per heavy atom. The number of aromatic amines is 1. The lowest BCUT2D eigenvalue weighted by Gasteiger charge is -2.24. The van der Waals surface area contributed by atoms with E-state index in [0.717, 1.165) is 16.8 Å². The average molecular weight is 294 g/mol. The van der Waals surface area contributed by atoms with Gasteiger partial charge >= 0.3 is 5.69 Å². The van der Waals surface area contributed by atoms with Crippen LogP contribution in [0.5, 0.6) is 0 Å². The highest BCUT2D eigenvalue weighted by atomic mass is 19.1. The van der Waals surface area contributed by atoms with Crippen molar-refractivity contribution < 1.29 is 23.7 Å². The smallest absolute Gasteiger partial charge is 0.330 e. The molecule has 20 heavy (non-hydrogen) atoms. The summed E-state index contributed by atoms with van der Waals surface area (Å²) in [6.45, 7) is 0.740. The molecule has 9 heteroatoms. The molecule has 0 unspecified atom stereocenters. The summed E-state index contributed by atoms with van der Waals surface area (Å²) in [7, 11) is 0.500. The van der Waals surface area contributed by atoms with Crippen LogP contribution in [0.1, 0.15) is 13.2 Å². The van der Waals surface area contributed by atoms with Crippen LogP contribution in [0.3, 0.4) is 0 Å². The third kappa shape index (κ3) is 2.79. The molecule has 2 heterocycles. The van der Waals surface area contributed by atoms with E-state index in [9.17, 15) is 23.5 Å². The highest BCUT2D eigenvalue weighted by molar-refractivity contribution is 4.99. The molecule has 0 radical (unpaired) electrons. The molecule has 1 saturated heterocycles. The Kier molecular flexibility index (Phi) is 5.15. The predicted molar refractivity (Wildman–Crippen MR) is 64.9 cm³/mol. The monoisotopic (exact) mass is 294 g/mol. The van der Waals surface area contributed by atoms with Crippen LogP contribution in [0.2, 0.25) is 0 Å². The molecule has 2 rings (SSSR count). The zero-order chi connectivity index (χ0) is 15.5. The average Bonchev–Trinajstić information content (AvgIpc) is 2.67. The molecule has 0 bridgehead atoms. The molecule has 114 valence electrons. The molecule has 7 nitrogen and oxygen atoms in total.